The van der Waals surface area contributed by atoms with E-state index in [-0.39, 0.29) is 55.2 Å². The van der Waals surface area contributed by atoms with Gasteiger partial charge in [-0.25, -0.2) is 4.98 Å². The number of nitrogens with two attached hydrogens (primary N) is 2. The highest BCUT2D eigenvalue weighted by molar-refractivity contribution is 7.09. The zero-order valence-corrected chi connectivity index (χ0v) is 30.6. The number of hydrogen-bond donors (Lipinski definition) is 6. The van der Waals surface area contributed by atoms with Gasteiger partial charge < -0.3 is 30.5 Å². The molecule has 16 heteroatoms. The summed E-state index contributed by atoms with van der Waals surface area (Å²) in [7, 11) is 0. The number of aromatic nitrogens is 1. The maximum Gasteiger partial charge on any atom is 0.307 e. The first-order valence-corrected chi connectivity index (χ1v) is 17.8. The third-order valence-corrected chi connectivity index (χ3v) is 8.95. The molecule has 0 fully saturated rings. The Kier molecular flexibility index (Phi) is 17.8. The summed E-state index contributed by atoms with van der Waals surface area (Å²) < 4.78 is 11.2. The van der Waals surface area contributed by atoms with Gasteiger partial charge in [-0.1, -0.05) is 53.2 Å². The summed E-state index contributed by atoms with van der Waals surface area (Å²) in [4.78, 5) is 70.0. The summed E-state index contributed by atoms with van der Waals surface area (Å²) in [6, 6.07) is 4.63. The lowest BCUT2D eigenvalue weighted by Crippen LogP contribution is -2.52. The van der Waals surface area contributed by atoms with Crippen LogP contribution in [0.3, 0.4) is 0 Å². The lowest BCUT2D eigenvalue weighted by atomic mass is 9.95. The molecule has 0 radical (unpaired) electrons. The van der Waals surface area contributed by atoms with E-state index in [2.05, 4.69) is 21.3 Å². The molecule has 5 atom stereocenters. The van der Waals surface area contributed by atoms with Gasteiger partial charge >= 0.3 is 11.9 Å². The van der Waals surface area contributed by atoms with Crippen LogP contribution in [-0.4, -0.2) is 69.5 Å². The SMILES string of the molecule is CCCC(=O)OCN(C(=O)[C@@H](N)CCC)[C@H](C[C@@H](OC(C)=O)c1nc(C(=O)N[C@@H](Cc2ccc(O)cc2)C[C@H](C)C(=O)NNN)cs1)C(C)C. The van der Waals surface area contributed by atoms with Gasteiger partial charge in [-0.05, 0) is 49.3 Å². The van der Waals surface area contributed by atoms with Gasteiger partial charge in [-0.15, -0.1) is 11.3 Å². The molecular formula is C34H53N7O8S. The van der Waals surface area contributed by atoms with Gasteiger partial charge in [0.1, 0.15) is 16.5 Å². The molecule has 0 saturated heterocycles. The Morgan fingerprint density at radius 3 is 2.30 bits per heavy atom. The lowest BCUT2D eigenvalue weighted by Gasteiger charge is -2.37. The Balaban J connectivity index is 2.37. The first-order valence-electron chi connectivity index (χ1n) is 16.9. The van der Waals surface area contributed by atoms with E-state index in [0.717, 1.165) is 16.9 Å². The summed E-state index contributed by atoms with van der Waals surface area (Å²) in [5, 5.41) is 14.5. The highest BCUT2D eigenvalue weighted by atomic mass is 32.1. The second-order valence-electron chi connectivity index (χ2n) is 12.6. The van der Waals surface area contributed by atoms with Crippen molar-refractivity contribution in [3.05, 3.63) is 45.9 Å². The van der Waals surface area contributed by atoms with Crippen LogP contribution >= 0.6 is 11.3 Å². The molecule has 3 amide bonds. The number of carbonyl (C=O) groups excluding carboxylic acids is 5. The predicted octanol–water partition coefficient (Wildman–Crippen LogP) is 2.99. The number of hydrazine groups is 2. The van der Waals surface area contributed by atoms with Crippen molar-refractivity contribution in [3.63, 3.8) is 0 Å². The molecule has 1 heterocycles. The summed E-state index contributed by atoms with van der Waals surface area (Å²) in [5.74, 6) is 2.35. The van der Waals surface area contributed by atoms with E-state index in [1.54, 1.807) is 24.4 Å². The van der Waals surface area contributed by atoms with Gasteiger partial charge in [0.2, 0.25) is 11.8 Å². The molecular weight excluding hydrogens is 666 g/mol. The van der Waals surface area contributed by atoms with Crippen LogP contribution in [0.15, 0.2) is 29.6 Å². The Morgan fingerprint density at radius 1 is 1.04 bits per heavy atom. The van der Waals surface area contributed by atoms with Crippen LogP contribution in [-0.2, 0) is 35.1 Å². The molecule has 1 aromatic carbocycles. The van der Waals surface area contributed by atoms with Crippen LogP contribution in [0.1, 0.15) is 107 Å². The molecule has 0 aliphatic carbocycles. The second-order valence-corrected chi connectivity index (χ2v) is 13.5. The van der Waals surface area contributed by atoms with E-state index in [4.69, 9.17) is 21.1 Å². The number of nitrogens with one attached hydrogen (secondary N) is 3. The Morgan fingerprint density at radius 2 is 1.72 bits per heavy atom. The van der Waals surface area contributed by atoms with E-state index in [9.17, 15) is 29.1 Å². The minimum Gasteiger partial charge on any atom is -0.508 e. The van der Waals surface area contributed by atoms with Gasteiger partial charge in [-0.3, -0.25) is 35.2 Å². The molecule has 0 saturated carbocycles. The number of phenolic OH excluding ortho intramolecular Hbond substituents is 1. The Labute approximate surface area is 297 Å². The average Bonchev–Trinajstić information content (AvgIpc) is 3.55. The molecule has 0 aliphatic heterocycles. The summed E-state index contributed by atoms with van der Waals surface area (Å²) in [5.41, 5.74) is 11.6. The molecule has 0 spiro atoms. The summed E-state index contributed by atoms with van der Waals surface area (Å²) in [6.45, 7) is 10.2. The number of hydrogen-bond acceptors (Lipinski definition) is 13. The van der Waals surface area contributed by atoms with Gasteiger partial charge in [-0.2, -0.15) is 5.53 Å². The first-order chi connectivity index (χ1) is 23.7. The van der Waals surface area contributed by atoms with Gasteiger partial charge in [0.15, 0.2) is 12.8 Å². The number of esters is 2. The first kappa shape index (κ1) is 42.0. The van der Waals surface area contributed by atoms with Crippen LogP contribution < -0.4 is 27.9 Å². The van der Waals surface area contributed by atoms with Crippen molar-refractivity contribution in [2.75, 3.05) is 6.73 Å². The standard InChI is InChI=1S/C34H53N7O8S/c1-7-9-26(35)34(47)41(19-48-30(44)10-8-2)28(20(3)4)17-29(49-22(6)42)33-38-27(18-50-33)32(46)37-24(15-21(5)31(45)39-40-36)16-23-11-13-25(43)14-12-23/h11-14,18,20-21,24,26,28-29,40,43H,7-10,15-17,19,35-36H2,1-6H3,(H,37,46)(H,39,45)/t21-,24+,26-,28+,29+/m0/s1. The number of carbonyl (C=O) groups is 5. The van der Waals surface area contributed by atoms with Crippen molar-refractivity contribution in [1.82, 2.24) is 26.2 Å². The average molecular weight is 720 g/mol. The van der Waals surface area contributed by atoms with Crippen LogP contribution in [0.2, 0.25) is 0 Å². The van der Waals surface area contributed by atoms with Gasteiger partial charge in [0, 0.05) is 43.1 Å². The van der Waals surface area contributed by atoms with Gasteiger partial charge in [0.05, 0.1) is 6.04 Å². The van der Waals surface area contributed by atoms with E-state index < -0.39 is 48.0 Å². The fourth-order valence-electron chi connectivity index (χ4n) is 5.40. The maximum absolute atomic E-state index is 13.6. The normalized spacial score (nSPS) is 14.2. The number of phenols is 1. The Hall–Kier alpha value is -4.12. The third kappa shape index (κ3) is 13.7. The topological polar surface area (TPSA) is 228 Å². The number of aromatic hydroxyl groups is 1. The molecule has 0 unspecified atom stereocenters. The quantitative estimate of drug-likeness (QED) is 0.0474. The number of benzene rings is 1. The van der Waals surface area contributed by atoms with Crippen molar-refractivity contribution in [2.45, 2.75) is 111 Å². The molecule has 0 aliphatic rings. The smallest absolute Gasteiger partial charge is 0.307 e. The van der Waals surface area contributed by atoms with Crippen molar-refractivity contribution < 1.29 is 38.6 Å². The van der Waals surface area contributed by atoms with Gasteiger partial charge in [0.25, 0.3) is 5.91 Å². The number of amides is 3. The fraction of sp³-hybridized carbons (Fsp3) is 0.588. The highest BCUT2D eigenvalue weighted by Gasteiger charge is 2.35. The third-order valence-electron chi connectivity index (χ3n) is 8.02. The molecule has 2 rings (SSSR count). The zero-order chi connectivity index (χ0) is 37.4. The van der Waals surface area contributed by atoms with Crippen LogP contribution in [0.4, 0.5) is 0 Å². The highest BCUT2D eigenvalue weighted by Crippen LogP contribution is 2.31. The number of nitrogens with zero attached hydrogens (tertiary/aromatic N) is 2. The monoisotopic (exact) mass is 719 g/mol. The minimum absolute atomic E-state index is 0.0751. The zero-order valence-electron chi connectivity index (χ0n) is 29.8. The molecule has 2 aromatic rings. The van der Waals surface area contributed by atoms with E-state index in [0.29, 0.717) is 30.7 Å². The molecule has 1 aromatic heterocycles. The van der Waals surface area contributed by atoms with E-state index in [1.165, 1.54) is 24.0 Å². The molecule has 50 heavy (non-hydrogen) atoms. The fourth-order valence-corrected chi connectivity index (χ4v) is 6.24. The molecule has 15 nitrogen and oxygen atoms in total. The number of ether oxygens (including phenoxy) is 2. The number of rotatable bonds is 21. The van der Waals surface area contributed by atoms with Crippen molar-refractivity contribution in [1.29, 1.82) is 0 Å². The van der Waals surface area contributed by atoms with E-state index >= 15 is 0 Å². The van der Waals surface area contributed by atoms with Crippen LogP contribution in [0, 0.1) is 11.8 Å². The van der Waals surface area contributed by atoms with Crippen LogP contribution in [0.5, 0.6) is 5.75 Å². The largest absolute Gasteiger partial charge is 0.508 e. The van der Waals surface area contributed by atoms with E-state index in [1.807, 2.05) is 27.7 Å². The predicted molar refractivity (Wildman–Crippen MR) is 188 cm³/mol. The second kappa shape index (κ2) is 21.2. The molecule has 278 valence electrons. The molecule has 0 bridgehead atoms. The number of thiazole rings is 1. The Bertz CT molecular complexity index is 1400. The van der Waals surface area contributed by atoms with Crippen LogP contribution in [0.25, 0.3) is 0 Å². The van der Waals surface area contributed by atoms with Crippen molar-refractivity contribution in [3.8, 4) is 5.75 Å². The minimum atomic E-state index is -0.934. The van der Waals surface area contributed by atoms with Crippen molar-refractivity contribution >= 4 is 41.0 Å². The summed E-state index contributed by atoms with van der Waals surface area (Å²) in [6.07, 6.45) is 1.68. The maximum atomic E-state index is 13.6. The lowest BCUT2D eigenvalue weighted by molar-refractivity contribution is -0.158. The van der Waals surface area contributed by atoms with Crippen molar-refractivity contribution in [2.24, 2.45) is 23.4 Å². The molecule has 8 N–H and O–H groups in total. The summed E-state index contributed by atoms with van der Waals surface area (Å²) >= 11 is 1.12.